The number of carboxylic acids is 1. The Labute approximate surface area is 108 Å². The molecule has 0 radical (unpaired) electrons. The molecule has 0 saturated heterocycles. The maximum Gasteiger partial charge on any atom is 0.326 e. The first-order valence-corrected chi connectivity index (χ1v) is 5.52. The lowest BCUT2D eigenvalue weighted by molar-refractivity contribution is -0.139. The van der Waals surface area contributed by atoms with Crippen LogP contribution >= 0.6 is 0 Å². The molecular weight excluding hydrogens is 254 g/mol. The van der Waals surface area contributed by atoms with Crippen LogP contribution in [0.15, 0.2) is 12.4 Å². The normalized spacial score (nSPS) is 11.6. The van der Waals surface area contributed by atoms with Gasteiger partial charge in [0.2, 0.25) is 5.91 Å². The van der Waals surface area contributed by atoms with Crippen molar-refractivity contribution in [3.63, 3.8) is 0 Å². The molecule has 6 N–H and O–H groups in total. The average Bonchev–Trinajstić information content (AvgIpc) is 2.84. The van der Waals surface area contributed by atoms with Crippen molar-refractivity contribution in [1.82, 2.24) is 20.6 Å². The van der Waals surface area contributed by atoms with Crippen LogP contribution in [-0.4, -0.2) is 39.0 Å². The number of urea groups is 1. The van der Waals surface area contributed by atoms with Gasteiger partial charge in [0.05, 0.1) is 6.54 Å². The van der Waals surface area contributed by atoms with E-state index in [2.05, 4.69) is 20.6 Å². The highest BCUT2D eigenvalue weighted by Crippen LogP contribution is 1.97. The lowest BCUT2D eigenvalue weighted by atomic mass is 10.1. The molecule has 0 aromatic carbocycles. The highest BCUT2D eigenvalue weighted by molar-refractivity contribution is 5.83. The van der Waals surface area contributed by atoms with Crippen molar-refractivity contribution < 1.29 is 19.5 Å². The molecule has 0 fully saturated rings. The molecule has 0 aliphatic rings. The summed E-state index contributed by atoms with van der Waals surface area (Å²) in [6.45, 7) is 0.140. The summed E-state index contributed by atoms with van der Waals surface area (Å²) in [5.74, 6) is -1.31. The number of aliphatic carboxylic acids is 1. The summed E-state index contributed by atoms with van der Waals surface area (Å²) in [4.78, 5) is 39.6. The van der Waals surface area contributed by atoms with Crippen LogP contribution in [0.3, 0.4) is 0 Å². The van der Waals surface area contributed by atoms with Crippen molar-refractivity contribution >= 4 is 17.9 Å². The number of imidazole rings is 1. The highest BCUT2D eigenvalue weighted by Gasteiger charge is 2.20. The lowest BCUT2D eigenvalue weighted by Gasteiger charge is -2.13. The van der Waals surface area contributed by atoms with Gasteiger partial charge < -0.3 is 26.5 Å². The molecule has 0 bridgehead atoms. The summed E-state index contributed by atoms with van der Waals surface area (Å²) >= 11 is 0. The van der Waals surface area contributed by atoms with Gasteiger partial charge in [0.15, 0.2) is 0 Å². The maximum atomic E-state index is 11.5. The van der Waals surface area contributed by atoms with E-state index in [1.165, 1.54) is 6.20 Å². The Morgan fingerprint density at radius 1 is 1.47 bits per heavy atom. The fourth-order valence-corrected chi connectivity index (χ4v) is 1.31. The molecule has 1 aromatic rings. The Morgan fingerprint density at radius 2 is 2.21 bits per heavy atom. The van der Waals surface area contributed by atoms with Gasteiger partial charge in [-0.15, -0.1) is 0 Å². The molecule has 0 saturated carbocycles. The van der Waals surface area contributed by atoms with Gasteiger partial charge in [-0.05, 0) is 6.42 Å². The van der Waals surface area contributed by atoms with E-state index in [4.69, 9.17) is 10.8 Å². The minimum absolute atomic E-state index is 0.0567. The second-order valence-electron chi connectivity index (χ2n) is 3.76. The van der Waals surface area contributed by atoms with Crippen LogP contribution in [-0.2, 0) is 16.1 Å². The summed E-state index contributed by atoms with van der Waals surface area (Å²) in [6.07, 6.45) is 2.96. The predicted octanol–water partition coefficient (Wildman–Crippen LogP) is -1.07. The molecule has 9 heteroatoms. The van der Waals surface area contributed by atoms with E-state index < -0.39 is 23.9 Å². The molecule has 0 spiro atoms. The monoisotopic (exact) mass is 269 g/mol. The molecule has 1 rings (SSSR count). The molecule has 19 heavy (non-hydrogen) atoms. The summed E-state index contributed by atoms with van der Waals surface area (Å²) in [6, 6.07) is -1.82. The average molecular weight is 269 g/mol. The molecule has 9 nitrogen and oxygen atoms in total. The van der Waals surface area contributed by atoms with Crippen LogP contribution in [0.1, 0.15) is 18.7 Å². The standard InChI is InChI=1S/C10H15N5O4/c11-7(16)2-1-6(9(17)18)15-10(19)14-5-8-12-3-4-13-8/h3-4,6H,1-2,5H2,(H2,11,16)(H,12,13)(H,17,18)(H2,14,15,19)/t6-/m0/s1. The fraction of sp³-hybridized carbons (Fsp3) is 0.400. The number of hydrogen-bond donors (Lipinski definition) is 5. The number of H-pyrrole nitrogens is 1. The molecule has 1 aromatic heterocycles. The number of amides is 3. The molecule has 3 amide bonds. The second kappa shape index (κ2) is 6.99. The van der Waals surface area contributed by atoms with Gasteiger partial charge in [-0.3, -0.25) is 4.79 Å². The smallest absolute Gasteiger partial charge is 0.326 e. The maximum absolute atomic E-state index is 11.5. The first-order chi connectivity index (χ1) is 8.99. The first-order valence-electron chi connectivity index (χ1n) is 5.52. The Hall–Kier alpha value is -2.58. The minimum atomic E-state index is -1.23. The number of hydrogen-bond acceptors (Lipinski definition) is 4. The number of nitrogens with one attached hydrogen (secondary N) is 3. The van der Waals surface area contributed by atoms with Crippen molar-refractivity contribution in [3.8, 4) is 0 Å². The Balaban J connectivity index is 2.38. The zero-order valence-corrected chi connectivity index (χ0v) is 10.0. The van der Waals surface area contributed by atoms with E-state index in [1.807, 2.05) is 0 Å². The topological polar surface area (TPSA) is 150 Å². The van der Waals surface area contributed by atoms with Gasteiger partial charge in [-0.1, -0.05) is 0 Å². The van der Waals surface area contributed by atoms with Gasteiger partial charge in [-0.25, -0.2) is 14.6 Å². The quantitative estimate of drug-likeness (QED) is 0.427. The molecule has 1 heterocycles. The van der Waals surface area contributed by atoms with Crippen molar-refractivity contribution in [2.45, 2.75) is 25.4 Å². The van der Waals surface area contributed by atoms with E-state index in [0.717, 1.165) is 0 Å². The SMILES string of the molecule is NC(=O)CC[C@H](NC(=O)NCc1ncc[nH]1)C(=O)O. The van der Waals surface area contributed by atoms with Crippen molar-refractivity contribution in [1.29, 1.82) is 0 Å². The molecular formula is C10H15N5O4. The van der Waals surface area contributed by atoms with Crippen LogP contribution in [0.2, 0.25) is 0 Å². The van der Waals surface area contributed by atoms with Crippen LogP contribution in [0.5, 0.6) is 0 Å². The Morgan fingerprint density at radius 3 is 2.74 bits per heavy atom. The van der Waals surface area contributed by atoms with Crippen molar-refractivity contribution in [2.24, 2.45) is 5.73 Å². The van der Waals surface area contributed by atoms with Crippen LogP contribution in [0, 0.1) is 0 Å². The third kappa shape index (κ3) is 5.52. The third-order valence-electron chi connectivity index (χ3n) is 2.25. The van der Waals surface area contributed by atoms with E-state index in [0.29, 0.717) is 5.82 Å². The zero-order valence-electron chi connectivity index (χ0n) is 10.0. The van der Waals surface area contributed by atoms with E-state index in [9.17, 15) is 14.4 Å². The number of rotatable bonds is 7. The van der Waals surface area contributed by atoms with Gasteiger partial charge in [0.1, 0.15) is 11.9 Å². The number of carbonyl (C=O) groups excluding carboxylic acids is 2. The van der Waals surface area contributed by atoms with Crippen molar-refractivity contribution in [2.75, 3.05) is 0 Å². The van der Waals surface area contributed by atoms with E-state index in [1.54, 1.807) is 6.20 Å². The van der Waals surface area contributed by atoms with Gasteiger partial charge in [0.25, 0.3) is 0 Å². The van der Waals surface area contributed by atoms with Gasteiger partial charge in [-0.2, -0.15) is 0 Å². The number of aromatic nitrogens is 2. The predicted molar refractivity (Wildman–Crippen MR) is 63.8 cm³/mol. The van der Waals surface area contributed by atoms with Crippen LogP contribution in [0.4, 0.5) is 4.79 Å². The molecule has 1 atom stereocenters. The molecule has 0 unspecified atom stereocenters. The second-order valence-corrected chi connectivity index (χ2v) is 3.76. The fourth-order valence-electron chi connectivity index (χ4n) is 1.31. The number of nitrogens with zero attached hydrogens (tertiary/aromatic N) is 1. The number of aromatic amines is 1. The largest absolute Gasteiger partial charge is 0.480 e. The van der Waals surface area contributed by atoms with Gasteiger partial charge >= 0.3 is 12.0 Å². The number of carbonyl (C=O) groups is 3. The number of nitrogens with two attached hydrogens (primary N) is 1. The molecule has 104 valence electrons. The summed E-state index contributed by atoms with van der Waals surface area (Å²) in [5, 5.41) is 13.5. The third-order valence-corrected chi connectivity index (χ3v) is 2.25. The van der Waals surface area contributed by atoms with Gasteiger partial charge in [0, 0.05) is 18.8 Å². The summed E-state index contributed by atoms with van der Waals surface area (Å²) in [5.41, 5.74) is 4.92. The van der Waals surface area contributed by atoms with Crippen LogP contribution < -0.4 is 16.4 Å². The first kappa shape index (κ1) is 14.5. The van der Waals surface area contributed by atoms with E-state index in [-0.39, 0.29) is 19.4 Å². The van der Waals surface area contributed by atoms with E-state index >= 15 is 0 Å². The highest BCUT2D eigenvalue weighted by atomic mass is 16.4. The molecule has 0 aliphatic heterocycles. The zero-order chi connectivity index (χ0) is 14.3. The Bertz CT molecular complexity index is 445. The summed E-state index contributed by atoms with van der Waals surface area (Å²) < 4.78 is 0. The molecule has 0 aliphatic carbocycles. The minimum Gasteiger partial charge on any atom is -0.480 e. The van der Waals surface area contributed by atoms with Crippen molar-refractivity contribution in [3.05, 3.63) is 18.2 Å². The van der Waals surface area contributed by atoms with Crippen LogP contribution in [0.25, 0.3) is 0 Å². The lowest BCUT2D eigenvalue weighted by Crippen LogP contribution is -2.46. The number of primary amides is 1. The summed E-state index contributed by atoms with van der Waals surface area (Å²) in [7, 11) is 0. The Kier molecular flexibility index (Phi) is 5.33. The number of carboxylic acid groups (broad SMARTS) is 1.